The van der Waals surface area contributed by atoms with Crippen molar-refractivity contribution < 1.29 is 14.3 Å². The van der Waals surface area contributed by atoms with E-state index in [0.29, 0.717) is 28.8 Å². The number of hydrogen-bond donors (Lipinski definition) is 1. The van der Waals surface area contributed by atoms with Crippen molar-refractivity contribution in [2.75, 3.05) is 11.4 Å². The number of ether oxygens (including phenoxy) is 2. The lowest BCUT2D eigenvalue weighted by atomic mass is 10.0. The molecule has 3 aromatic rings. The van der Waals surface area contributed by atoms with Crippen molar-refractivity contribution in [3.63, 3.8) is 0 Å². The molecule has 0 spiro atoms. The quantitative estimate of drug-likeness (QED) is 0.361. The van der Waals surface area contributed by atoms with Crippen molar-refractivity contribution >= 4 is 28.6 Å². The molecule has 0 saturated carbocycles. The predicted octanol–water partition coefficient (Wildman–Crippen LogP) is 5.40. The molecule has 1 heterocycles. The Morgan fingerprint density at radius 3 is 2.43 bits per heavy atom. The SMILES string of the molecule is C#CCN(c1ccc(C(=O)OC(C)(C)C)cc1)C1C=Cc2cc3nc(COC(C)(C)C)[nH]c(=O)c3cc21. The Morgan fingerprint density at radius 2 is 1.81 bits per heavy atom. The number of rotatable bonds is 6. The maximum Gasteiger partial charge on any atom is 0.338 e. The number of nitrogens with one attached hydrogen (secondary N) is 1. The normalized spacial score (nSPS) is 14.9. The van der Waals surface area contributed by atoms with Crippen LogP contribution in [0.1, 0.15) is 74.9 Å². The highest BCUT2D eigenvalue weighted by atomic mass is 16.6. The zero-order valence-corrected chi connectivity index (χ0v) is 22.2. The van der Waals surface area contributed by atoms with Crippen LogP contribution in [-0.4, -0.2) is 33.7 Å². The van der Waals surface area contributed by atoms with E-state index in [1.165, 1.54) is 0 Å². The van der Waals surface area contributed by atoms with Crippen LogP contribution in [0.3, 0.4) is 0 Å². The summed E-state index contributed by atoms with van der Waals surface area (Å²) in [6, 6.07) is 10.8. The number of carbonyl (C=O) groups excluding carboxylic acids is 1. The Kier molecular flexibility index (Phi) is 6.98. The number of aromatic nitrogens is 2. The minimum Gasteiger partial charge on any atom is -0.456 e. The molecule has 2 aromatic carbocycles. The fraction of sp³-hybridized carbons (Fsp3) is 0.367. The Bertz CT molecular complexity index is 1450. The molecule has 7 heteroatoms. The molecule has 1 unspecified atom stereocenters. The summed E-state index contributed by atoms with van der Waals surface area (Å²) < 4.78 is 11.2. The number of anilines is 1. The van der Waals surface area contributed by atoms with E-state index in [0.717, 1.165) is 16.8 Å². The second kappa shape index (κ2) is 9.87. The van der Waals surface area contributed by atoms with E-state index in [4.69, 9.17) is 15.9 Å². The zero-order valence-electron chi connectivity index (χ0n) is 22.2. The average molecular weight is 500 g/mol. The molecule has 4 rings (SSSR count). The van der Waals surface area contributed by atoms with Gasteiger partial charge in [-0.1, -0.05) is 18.1 Å². The molecule has 0 radical (unpaired) electrons. The van der Waals surface area contributed by atoms with E-state index in [2.05, 4.69) is 26.9 Å². The van der Waals surface area contributed by atoms with E-state index in [1.54, 1.807) is 12.1 Å². The zero-order chi connectivity index (χ0) is 27.0. The molecule has 37 heavy (non-hydrogen) atoms. The van der Waals surface area contributed by atoms with Crippen molar-refractivity contribution in [1.29, 1.82) is 0 Å². The number of carbonyl (C=O) groups is 1. The topological polar surface area (TPSA) is 84.5 Å². The van der Waals surface area contributed by atoms with Gasteiger partial charge >= 0.3 is 5.97 Å². The van der Waals surface area contributed by atoms with Crippen molar-refractivity contribution in [1.82, 2.24) is 9.97 Å². The molecule has 0 aliphatic heterocycles. The Labute approximate surface area is 217 Å². The van der Waals surface area contributed by atoms with Gasteiger partial charge in [-0.25, -0.2) is 9.78 Å². The molecule has 1 N–H and O–H groups in total. The molecule has 192 valence electrons. The Balaban J connectivity index is 1.64. The Hall–Kier alpha value is -3.89. The number of aromatic amines is 1. The van der Waals surface area contributed by atoms with Crippen LogP contribution in [0.2, 0.25) is 0 Å². The summed E-state index contributed by atoms with van der Waals surface area (Å²) in [7, 11) is 0. The fourth-order valence-electron chi connectivity index (χ4n) is 4.17. The molecule has 1 atom stereocenters. The molecule has 0 bridgehead atoms. The van der Waals surface area contributed by atoms with Crippen molar-refractivity contribution in [2.45, 2.75) is 65.4 Å². The number of H-pyrrole nitrogens is 1. The van der Waals surface area contributed by atoms with Crippen LogP contribution in [0.25, 0.3) is 17.0 Å². The smallest absolute Gasteiger partial charge is 0.338 e. The van der Waals surface area contributed by atoms with Crippen LogP contribution >= 0.6 is 0 Å². The van der Waals surface area contributed by atoms with Gasteiger partial charge in [0.05, 0.1) is 34.7 Å². The standard InChI is InChI=1S/C30H33N3O4/c1-8-15-33(21-12-9-19(10-13-21)28(35)37-30(5,6)7)25-14-11-20-16-24-23(17-22(20)25)27(34)32-26(31-24)18-36-29(2,3)4/h1,9-14,16-17,25H,15,18H2,2-7H3,(H,31,32,34). The predicted molar refractivity (Wildman–Crippen MR) is 146 cm³/mol. The van der Waals surface area contributed by atoms with Gasteiger partial charge in [0, 0.05) is 5.69 Å². The van der Waals surface area contributed by atoms with E-state index in [-0.39, 0.29) is 29.8 Å². The number of terminal acetylenes is 1. The first-order chi connectivity index (χ1) is 17.3. The van der Waals surface area contributed by atoms with Gasteiger partial charge in [-0.2, -0.15) is 0 Å². The van der Waals surface area contributed by atoms with Crippen LogP contribution in [0.15, 0.2) is 47.3 Å². The summed E-state index contributed by atoms with van der Waals surface area (Å²) in [6.07, 6.45) is 9.80. The van der Waals surface area contributed by atoms with Crippen LogP contribution in [-0.2, 0) is 16.1 Å². The second-order valence-electron chi connectivity index (χ2n) is 11.1. The van der Waals surface area contributed by atoms with E-state index in [9.17, 15) is 9.59 Å². The monoisotopic (exact) mass is 499 g/mol. The van der Waals surface area contributed by atoms with Crippen molar-refractivity contribution in [2.24, 2.45) is 0 Å². The lowest BCUT2D eigenvalue weighted by molar-refractivity contribution is -0.0181. The van der Waals surface area contributed by atoms with Gasteiger partial charge in [0.15, 0.2) is 0 Å². The van der Waals surface area contributed by atoms with Gasteiger partial charge in [0.1, 0.15) is 18.0 Å². The maximum atomic E-state index is 12.9. The lowest BCUT2D eigenvalue weighted by Gasteiger charge is -2.29. The number of fused-ring (bicyclic) bond motifs is 2. The maximum absolute atomic E-state index is 12.9. The Morgan fingerprint density at radius 1 is 1.11 bits per heavy atom. The summed E-state index contributed by atoms with van der Waals surface area (Å²) in [5.41, 5.74) is 2.76. The van der Waals surface area contributed by atoms with Gasteiger partial charge in [-0.15, -0.1) is 6.42 Å². The van der Waals surface area contributed by atoms with Crippen LogP contribution < -0.4 is 10.5 Å². The average Bonchev–Trinajstić information content (AvgIpc) is 3.21. The van der Waals surface area contributed by atoms with E-state index >= 15 is 0 Å². The second-order valence-corrected chi connectivity index (χ2v) is 11.1. The summed E-state index contributed by atoms with van der Waals surface area (Å²) >= 11 is 0. The highest BCUT2D eigenvalue weighted by Gasteiger charge is 2.26. The molecule has 1 aliphatic carbocycles. The first-order valence-electron chi connectivity index (χ1n) is 12.3. The first-order valence-corrected chi connectivity index (χ1v) is 12.3. The molecule has 1 aliphatic rings. The van der Waals surface area contributed by atoms with Crippen LogP contribution in [0, 0.1) is 12.3 Å². The number of esters is 1. The molecule has 0 fully saturated rings. The van der Waals surface area contributed by atoms with E-state index < -0.39 is 5.60 Å². The lowest BCUT2D eigenvalue weighted by Crippen LogP contribution is -2.27. The third kappa shape index (κ3) is 6.10. The first kappa shape index (κ1) is 26.2. The molecular weight excluding hydrogens is 466 g/mol. The van der Waals surface area contributed by atoms with Gasteiger partial charge in [0.25, 0.3) is 5.56 Å². The number of nitrogens with zero attached hydrogens (tertiary/aromatic N) is 2. The summed E-state index contributed by atoms with van der Waals surface area (Å²) in [4.78, 5) is 34.9. The number of benzene rings is 2. The van der Waals surface area contributed by atoms with Gasteiger partial charge in [-0.3, -0.25) is 4.79 Å². The minimum absolute atomic E-state index is 0.175. The molecule has 0 amide bonds. The third-order valence-electron chi connectivity index (χ3n) is 5.81. The van der Waals surface area contributed by atoms with Gasteiger partial charge in [0.2, 0.25) is 0 Å². The van der Waals surface area contributed by atoms with Gasteiger partial charge in [-0.05, 0) is 89.1 Å². The number of hydrogen-bond acceptors (Lipinski definition) is 6. The van der Waals surface area contributed by atoms with Crippen molar-refractivity contribution in [3.05, 3.63) is 75.3 Å². The minimum atomic E-state index is -0.570. The van der Waals surface area contributed by atoms with Crippen LogP contribution in [0.5, 0.6) is 0 Å². The highest BCUT2D eigenvalue weighted by Crippen LogP contribution is 2.37. The van der Waals surface area contributed by atoms with Gasteiger partial charge < -0.3 is 19.4 Å². The van der Waals surface area contributed by atoms with Crippen molar-refractivity contribution in [3.8, 4) is 12.3 Å². The molecule has 1 aromatic heterocycles. The highest BCUT2D eigenvalue weighted by molar-refractivity contribution is 5.90. The molecule has 0 saturated heterocycles. The summed E-state index contributed by atoms with van der Waals surface area (Å²) in [6.45, 7) is 11.9. The summed E-state index contributed by atoms with van der Waals surface area (Å²) in [5.74, 6) is 2.85. The molecular formula is C30H33N3O4. The van der Waals surface area contributed by atoms with Crippen LogP contribution in [0.4, 0.5) is 5.69 Å². The molecule has 7 nitrogen and oxygen atoms in total. The summed E-state index contributed by atoms with van der Waals surface area (Å²) in [5, 5.41) is 0.507. The largest absolute Gasteiger partial charge is 0.456 e. The fourth-order valence-corrected chi connectivity index (χ4v) is 4.17. The third-order valence-corrected chi connectivity index (χ3v) is 5.81. The van der Waals surface area contributed by atoms with E-state index in [1.807, 2.05) is 71.9 Å².